The Hall–Kier alpha value is -2.13. The SMILES string of the molecule is CCCCNCc1cn(Cc2ccc(F)cc2)c2ccccc12. The number of benzene rings is 2. The molecule has 1 aromatic heterocycles. The molecule has 23 heavy (non-hydrogen) atoms. The van der Waals surface area contributed by atoms with Gasteiger partial charge in [-0.15, -0.1) is 0 Å². The monoisotopic (exact) mass is 310 g/mol. The van der Waals surface area contributed by atoms with Gasteiger partial charge < -0.3 is 9.88 Å². The van der Waals surface area contributed by atoms with E-state index in [4.69, 9.17) is 0 Å². The summed E-state index contributed by atoms with van der Waals surface area (Å²) in [6, 6.07) is 15.2. The van der Waals surface area contributed by atoms with Gasteiger partial charge >= 0.3 is 0 Å². The van der Waals surface area contributed by atoms with Crippen LogP contribution in [0.5, 0.6) is 0 Å². The average molecular weight is 310 g/mol. The predicted molar refractivity (Wildman–Crippen MR) is 94.1 cm³/mol. The number of rotatable bonds is 7. The van der Waals surface area contributed by atoms with Crippen LogP contribution in [0.15, 0.2) is 54.7 Å². The van der Waals surface area contributed by atoms with Crippen molar-refractivity contribution in [3.8, 4) is 0 Å². The lowest BCUT2D eigenvalue weighted by atomic mass is 10.2. The van der Waals surface area contributed by atoms with Gasteiger partial charge in [-0.25, -0.2) is 4.39 Å². The smallest absolute Gasteiger partial charge is 0.123 e. The molecule has 0 unspecified atom stereocenters. The lowest BCUT2D eigenvalue weighted by Crippen LogP contribution is -2.14. The lowest BCUT2D eigenvalue weighted by molar-refractivity contribution is 0.626. The third-order valence-corrected chi connectivity index (χ3v) is 4.16. The first-order chi connectivity index (χ1) is 11.3. The maximum atomic E-state index is 13.1. The van der Waals surface area contributed by atoms with Crippen LogP contribution in [0.4, 0.5) is 4.39 Å². The summed E-state index contributed by atoms with van der Waals surface area (Å²) >= 11 is 0. The van der Waals surface area contributed by atoms with Crippen LogP contribution in [0.3, 0.4) is 0 Å². The molecular formula is C20H23FN2. The van der Waals surface area contributed by atoms with Crippen LogP contribution < -0.4 is 5.32 Å². The quantitative estimate of drug-likeness (QED) is 0.625. The van der Waals surface area contributed by atoms with E-state index in [1.165, 1.54) is 41.4 Å². The van der Waals surface area contributed by atoms with Gasteiger partial charge in [0.1, 0.15) is 5.82 Å². The van der Waals surface area contributed by atoms with Gasteiger partial charge in [-0.2, -0.15) is 0 Å². The first-order valence-corrected chi connectivity index (χ1v) is 8.30. The van der Waals surface area contributed by atoms with Crippen molar-refractivity contribution in [3.63, 3.8) is 0 Å². The van der Waals surface area contributed by atoms with Crippen molar-refractivity contribution in [1.29, 1.82) is 0 Å². The Morgan fingerprint density at radius 3 is 2.61 bits per heavy atom. The van der Waals surface area contributed by atoms with Crippen molar-refractivity contribution in [2.75, 3.05) is 6.54 Å². The summed E-state index contributed by atoms with van der Waals surface area (Å²) in [5.41, 5.74) is 3.65. The van der Waals surface area contributed by atoms with Crippen LogP contribution in [-0.4, -0.2) is 11.1 Å². The fraction of sp³-hybridized carbons (Fsp3) is 0.300. The minimum Gasteiger partial charge on any atom is -0.343 e. The second-order valence-corrected chi connectivity index (χ2v) is 5.96. The molecule has 0 spiro atoms. The predicted octanol–water partition coefficient (Wildman–Crippen LogP) is 4.72. The summed E-state index contributed by atoms with van der Waals surface area (Å²) in [5, 5.41) is 4.81. The topological polar surface area (TPSA) is 17.0 Å². The van der Waals surface area contributed by atoms with Gasteiger partial charge in [0.05, 0.1) is 0 Å². The molecule has 0 amide bonds. The molecule has 0 bridgehead atoms. The molecule has 0 atom stereocenters. The van der Waals surface area contributed by atoms with E-state index in [-0.39, 0.29) is 5.82 Å². The zero-order chi connectivity index (χ0) is 16.1. The number of hydrogen-bond donors (Lipinski definition) is 1. The van der Waals surface area contributed by atoms with Gasteiger partial charge in [-0.1, -0.05) is 43.7 Å². The first kappa shape index (κ1) is 15.8. The van der Waals surface area contributed by atoms with Crippen molar-refractivity contribution in [2.45, 2.75) is 32.9 Å². The highest BCUT2D eigenvalue weighted by molar-refractivity contribution is 5.84. The standard InChI is InChI=1S/C20H23FN2/c1-2-3-12-22-13-17-15-23(20-7-5-4-6-19(17)20)14-16-8-10-18(21)11-9-16/h4-11,15,22H,2-3,12-14H2,1H3. The van der Waals surface area contributed by atoms with Crippen LogP contribution >= 0.6 is 0 Å². The number of halogens is 1. The van der Waals surface area contributed by atoms with Crippen molar-refractivity contribution in [3.05, 3.63) is 71.7 Å². The minimum atomic E-state index is -0.188. The Morgan fingerprint density at radius 2 is 1.83 bits per heavy atom. The first-order valence-electron chi connectivity index (χ1n) is 8.30. The van der Waals surface area contributed by atoms with Crippen molar-refractivity contribution in [1.82, 2.24) is 9.88 Å². The van der Waals surface area contributed by atoms with Gasteiger partial charge in [-0.05, 0) is 42.3 Å². The van der Waals surface area contributed by atoms with Crippen molar-refractivity contribution >= 4 is 10.9 Å². The van der Waals surface area contributed by atoms with Crippen molar-refractivity contribution < 1.29 is 4.39 Å². The molecular weight excluding hydrogens is 287 g/mol. The van der Waals surface area contributed by atoms with Crippen LogP contribution in [0.25, 0.3) is 10.9 Å². The van der Waals surface area contributed by atoms with E-state index >= 15 is 0 Å². The molecule has 120 valence electrons. The third-order valence-electron chi connectivity index (χ3n) is 4.16. The van der Waals surface area contributed by atoms with Crippen LogP contribution in [-0.2, 0) is 13.1 Å². The van der Waals surface area contributed by atoms with E-state index < -0.39 is 0 Å². The molecule has 1 heterocycles. The molecule has 3 rings (SSSR count). The number of hydrogen-bond acceptors (Lipinski definition) is 1. The highest BCUT2D eigenvalue weighted by Crippen LogP contribution is 2.22. The van der Waals surface area contributed by atoms with Gasteiger partial charge in [0.2, 0.25) is 0 Å². The fourth-order valence-corrected chi connectivity index (χ4v) is 2.91. The number of fused-ring (bicyclic) bond motifs is 1. The molecule has 0 aliphatic carbocycles. The largest absolute Gasteiger partial charge is 0.343 e. The summed E-state index contributed by atoms with van der Waals surface area (Å²) in [7, 11) is 0. The number of nitrogens with zero attached hydrogens (tertiary/aromatic N) is 1. The molecule has 0 radical (unpaired) electrons. The lowest BCUT2D eigenvalue weighted by Gasteiger charge is -2.05. The molecule has 0 fully saturated rings. The van der Waals surface area contributed by atoms with E-state index in [0.29, 0.717) is 0 Å². The minimum absolute atomic E-state index is 0.188. The molecule has 3 heteroatoms. The molecule has 0 saturated heterocycles. The number of para-hydroxylation sites is 1. The summed E-state index contributed by atoms with van der Waals surface area (Å²) in [4.78, 5) is 0. The maximum Gasteiger partial charge on any atom is 0.123 e. The summed E-state index contributed by atoms with van der Waals surface area (Å²) in [5.74, 6) is -0.188. The average Bonchev–Trinajstić information content (AvgIpc) is 2.92. The van der Waals surface area contributed by atoms with Gasteiger partial charge in [0, 0.05) is 30.2 Å². The number of unbranched alkanes of at least 4 members (excludes halogenated alkanes) is 1. The van der Waals surface area contributed by atoms with E-state index in [2.05, 4.69) is 47.3 Å². The summed E-state index contributed by atoms with van der Waals surface area (Å²) < 4.78 is 15.3. The van der Waals surface area contributed by atoms with Crippen LogP contribution in [0, 0.1) is 5.82 Å². The Labute approximate surface area is 136 Å². The van der Waals surface area contributed by atoms with Crippen LogP contribution in [0.1, 0.15) is 30.9 Å². The Kier molecular flexibility index (Phi) is 5.09. The van der Waals surface area contributed by atoms with E-state index in [1.807, 2.05) is 12.1 Å². The van der Waals surface area contributed by atoms with Gasteiger partial charge in [0.25, 0.3) is 0 Å². The number of nitrogens with one attached hydrogen (secondary N) is 1. The molecule has 2 aromatic carbocycles. The fourth-order valence-electron chi connectivity index (χ4n) is 2.91. The van der Waals surface area contributed by atoms with Gasteiger partial charge in [-0.3, -0.25) is 0 Å². The molecule has 0 saturated carbocycles. The highest BCUT2D eigenvalue weighted by atomic mass is 19.1. The van der Waals surface area contributed by atoms with E-state index in [1.54, 1.807) is 0 Å². The van der Waals surface area contributed by atoms with Crippen molar-refractivity contribution in [2.24, 2.45) is 0 Å². The zero-order valence-electron chi connectivity index (χ0n) is 13.6. The highest BCUT2D eigenvalue weighted by Gasteiger charge is 2.08. The normalized spacial score (nSPS) is 11.2. The van der Waals surface area contributed by atoms with Gasteiger partial charge in [0.15, 0.2) is 0 Å². The maximum absolute atomic E-state index is 13.1. The van der Waals surface area contributed by atoms with Crippen LogP contribution in [0.2, 0.25) is 0 Å². The number of aromatic nitrogens is 1. The molecule has 2 nitrogen and oxygen atoms in total. The second kappa shape index (κ2) is 7.42. The third kappa shape index (κ3) is 3.80. The zero-order valence-corrected chi connectivity index (χ0v) is 13.6. The molecule has 3 aromatic rings. The molecule has 0 aliphatic heterocycles. The Balaban J connectivity index is 1.83. The van der Waals surface area contributed by atoms with E-state index in [9.17, 15) is 4.39 Å². The summed E-state index contributed by atoms with van der Waals surface area (Å²) in [6.45, 7) is 4.90. The molecule has 0 aliphatic rings. The second-order valence-electron chi connectivity index (χ2n) is 5.96. The Morgan fingerprint density at radius 1 is 1.04 bits per heavy atom. The summed E-state index contributed by atoms with van der Waals surface area (Å²) in [6.07, 6.45) is 4.63. The Bertz CT molecular complexity index is 759. The van der Waals surface area contributed by atoms with E-state index in [0.717, 1.165) is 25.2 Å². The molecule has 1 N–H and O–H groups in total.